The fourth-order valence-corrected chi connectivity index (χ4v) is 0.871. The molecule has 68 valence electrons. The summed E-state index contributed by atoms with van der Waals surface area (Å²) < 4.78 is 5.13. The van der Waals surface area contributed by atoms with Gasteiger partial charge in [0.15, 0.2) is 11.7 Å². The molecule has 1 heterocycles. The summed E-state index contributed by atoms with van der Waals surface area (Å²) in [5.74, 6) is 0.952. The summed E-state index contributed by atoms with van der Waals surface area (Å²) >= 11 is 0. The van der Waals surface area contributed by atoms with Gasteiger partial charge in [-0.05, 0) is 13.8 Å². The third-order valence-electron chi connectivity index (χ3n) is 1.61. The summed E-state index contributed by atoms with van der Waals surface area (Å²) in [6.07, 6.45) is 0.688. The predicted molar refractivity (Wildman–Crippen MR) is 44.5 cm³/mol. The highest BCUT2D eigenvalue weighted by atomic mass is 16.4. The van der Waals surface area contributed by atoms with Gasteiger partial charge in [0.05, 0.1) is 6.20 Å². The van der Waals surface area contributed by atoms with Crippen LogP contribution in [0.25, 0.3) is 0 Å². The average molecular weight is 170 g/mol. The van der Waals surface area contributed by atoms with Crippen molar-refractivity contribution in [2.24, 2.45) is 5.73 Å². The number of aliphatic hydroxyl groups excluding tert-OH is 1. The van der Waals surface area contributed by atoms with E-state index in [1.165, 1.54) is 6.20 Å². The topological polar surface area (TPSA) is 72.3 Å². The van der Waals surface area contributed by atoms with Crippen LogP contribution in [0.2, 0.25) is 0 Å². The molecule has 0 aliphatic heterocycles. The molecule has 0 aliphatic carbocycles. The second-order valence-electron chi connectivity index (χ2n) is 3.51. The van der Waals surface area contributed by atoms with Gasteiger partial charge in [0.25, 0.3) is 0 Å². The zero-order chi connectivity index (χ0) is 9.35. The molecule has 0 saturated heterocycles. The smallest absolute Gasteiger partial charge is 0.191 e. The van der Waals surface area contributed by atoms with Crippen LogP contribution in [0.5, 0.6) is 0 Å². The van der Waals surface area contributed by atoms with E-state index >= 15 is 0 Å². The third kappa shape index (κ3) is 1.84. The molecule has 0 aromatic carbocycles. The number of nitrogens with zero attached hydrogens (tertiary/aromatic N) is 1. The van der Waals surface area contributed by atoms with Crippen molar-refractivity contribution in [3.05, 3.63) is 17.8 Å². The van der Waals surface area contributed by atoms with Gasteiger partial charge in [-0.15, -0.1) is 0 Å². The number of oxazole rings is 1. The monoisotopic (exact) mass is 170 g/mol. The van der Waals surface area contributed by atoms with Gasteiger partial charge in [-0.2, -0.15) is 0 Å². The largest absolute Gasteiger partial charge is 0.443 e. The second kappa shape index (κ2) is 2.88. The van der Waals surface area contributed by atoms with E-state index in [0.717, 1.165) is 0 Å². The fourth-order valence-electron chi connectivity index (χ4n) is 0.871. The Morgan fingerprint density at radius 2 is 2.25 bits per heavy atom. The van der Waals surface area contributed by atoms with E-state index in [2.05, 4.69) is 4.98 Å². The van der Waals surface area contributed by atoms with Crippen molar-refractivity contribution >= 4 is 0 Å². The number of aliphatic hydroxyl groups is 1. The summed E-state index contributed by atoms with van der Waals surface area (Å²) in [5.41, 5.74) is 4.98. The molecule has 3 N–H and O–H groups in total. The summed E-state index contributed by atoms with van der Waals surface area (Å²) in [6.45, 7) is 5.19. The Labute approximate surface area is 71.4 Å². The highest BCUT2D eigenvalue weighted by Gasteiger charge is 2.27. The molecule has 0 amide bonds. The SMILES string of the molecule is Cc1ncc(C(O)C(C)(C)N)o1. The van der Waals surface area contributed by atoms with Gasteiger partial charge in [-0.3, -0.25) is 0 Å². The standard InChI is InChI=1S/C8H14N2O2/c1-5-10-4-6(12-5)7(11)8(2,3)9/h4,7,11H,9H2,1-3H3. The van der Waals surface area contributed by atoms with Gasteiger partial charge in [0.1, 0.15) is 6.10 Å². The normalized spacial score (nSPS) is 14.8. The van der Waals surface area contributed by atoms with E-state index in [0.29, 0.717) is 11.7 Å². The lowest BCUT2D eigenvalue weighted by Gasteiger charge is -2.23. The van der Waals surface area contributed by atoms with Crippen LogP contribution >= 0.6 is 0 Å². The molecule has 0 bridgehead atoms. The molecule has 1 atom stereocenters. The van der Waals surface area contributed by atoms with Crippen LogP contribution in [0.4, 0.5) is 0 Å². The van der Waals surface area contributed by atoms with Gasteiger partial charge in [-0.25, -0.2) is 4.98 Å². The summed E-state index contributed by atoms with van der Waals surface area (Å²) in [4.78, 5) is 3.87. The van der Waals surface area contributed by atoms with Crippen LogP contribution in [-0.2, 0) is 0 Å². The van der Waals surface area contributed by atoms with Crippen LogP contribution in [0, 0.1) is 6.92 Å². The fraction of sp³-hybridized carbons (Fsp3) is 0.625. The molecule has 12 heavy (non-hydrogen) atoms. The van der Waals surface area contributed by atoms with Gasteiger partial charge < -0.3 is 15.3 Å². The van der Waals surface area contributed by atoms with Crippen LogP contribution in [0.15, 0.2) is 10.6 Å². The predicted octanol–water partition coefficient (Wildman–Crippen LogP) is 0.754. The Hall–Kier alpha value is -0.870. The van der Waals surface area contributed by atoms with E-state index in [9.17, 15) is 5.11 Å². The molecule has 0 spiro atoms. The average Bonchev–Trinajstić information content (AvgIpc) is 2.32. The molecule has 0 fully saturated rings. The summed E-state index contributed by atoms with van der Waals surface area (Å²) in [5, 5.41) is 9.61. The molecule has 0 radical (unpaired) electrons. The first-order valence-electron chi connectivity index (χ1n) is 3.80. The Morgan fingerprint density at radius 3 is 2.58 bits per heavy atom. The van der Waals surface area contributed by atoms with Crippen molar-refractivity contribution in [1.29, 1.82) is 0 Å². The summed E-state index contributed by atoms with van der Waals surface area (Å²) in [7, 11) is 0. The van der Waals surface area contributed by atoms with Crippen LogP contribution < -0.4 is 5.73 Å². The first kappa shape index (κ1) is 9.22. The molecule has 1 unspecified atom stereocenters. The lowest BCUT2D eigenvalue weighted by Crippen LogP contribution is -2.39. The third-order valence-corrected chi connectivity index (χ3v) is 1.61. The molecule has 4 nitrogen and oxygen atoms in total. The molecule has 1 aromatic heterocycles. The van der Waals surface area contributed by atoms with E-state index in [4.69, 9.17) is 10.2 Å². The minimum atomic E-state index is -0.807. The molecule has 4 heteroatoms. The Bertz CT molecular complexity index is 262. The zero-order valence-corrected chi connectivity index (χ0v) is 7.53. The van der Waals surface area contributed by atoms with E-state index in [1.807, 2.05) is 0 Å². The van der Waals surface area contributed by atoms with Crippen molar-refractivity contribution in [3.63, 3.8) is 0 Å². The zero-order valence-electron chi connectivity index (χ0n) is 7.53. The lowest BCUT2D eigenvalue weighted by atomic mass is 9.97. The number of hydrogen-bond donors (Lipinski definition) is 2. The maximum atomic E-state index is 9.61. The molecular formula is C8H14N2O2. The minimum absolute atomic E-state index is 0.417. The molecule has 1 aromatic rings. The van der Waals surface area contributed by atoms with Crippen LogP contribution in [0.3, 0.4) is 0 Å². The molecule has 1 rings (SSSR count). The number of nitrogens with two attached hydrogens (primary N) is 1. The van der Waals surface area contributed by atoms with Crippen molar-refractivity contribution < 1.29 is 9.52 Å². The molecule has 0 saturated carbocycles. The number of aryl methyl sites for hydroxylation is 1. The first-order chi connectivity index (χ1) is 5.41. The van der Waals surface area contributed by atoms with E-state index in [1.54, 1.807) is 20.8 Å². The van der Waals surface area contributed by atoms with Gasteiger partial charge in [0.2, 0.25) is 0 Å². The van der Waals surface area contributed by atoms with Crippen molar-refractivity contribution in [3.8, 4) is 0 Å². The minimum Gasteiger partial charge on any atom is -0.443 e. The van der Waals surface area contributed by atoms with Gasteiger partial charge in [-0.1, -0.05) is 0 Å². The Morgan fingerprint density at radius 1 is 1.67 bits per heavy atom. The maximum absolute atomic E-state index is 9.61. The highest BCUT2D eigenvalue weighted by Crippen LogP contribution is 2.23. The molecular weight excluding hydrogens is 156 g/mol. The van der Waals surface area contributed by atoms with Crippen LogP contribution in [0.1, 0.15) is 31.6 Å². The summed E-state index contributed by atoms with van der Waals surface area (Å²) in [6, 6.07) is 0. The van der Waals surface area contributed by atoms with Crippen molar-refractivity contribution in [2.75, 3.05) is 0 Å². The molecule has 0 aliphatic rings. The maximum Gasteiger partial charge on any atom is 0.191 e. The van der Waals surface area contributed by atoms with E-state index < -0.39 is 11.6 Å². The highest BCUT2D eigenvalue weighted by molar-refractivity contribution is 5.03. The first-order valence-corrected chi connectivity index (χ1v) is 3.80. The van der Waals surface area contributed by atoms with Crippen molar-refractivity contribution in [2.45, 2.75) is 32.4 Å². The number of hydrogen-bond acceptors (Lipinski definition) is 4. The Balaban J connectivity index is 2.85. The van der Waals surface area contributed by atoms with E-state index in [-0.39, 0.29) is 0 Å². The van der Waals surface area contributed by atoms with Gasteiger partial charge in [0, 0.05) is 12.5 Å². The quantitative estimate of drug-likeness (QED) is 0.687. The second-order valence-corrected chi connectivity index (χ2v) is 3.51. The number of aromatic nitrogens is 1. The lowest BCUT2D eigenvalue weighted by molar-refractivity contribution is 0.0817. The van der Waals surface area contributed by atoms with Crippen LogP contribution in [-0.4, -0.2) is 15.6 Å². The van der Waals surface area contributed by atoms with Crippen molar-refractivity contribution in [1.82, 2.24) is 4.98 Å². The van der Waals surface area contributed by atoms with Gasteiger partial charge >= 0.3 is 0 Å². The number of rotatable bonds is 2. The Kier molecular flexibility index (Phi) is 2.21.